The number of pyridine rings is 1. The van der Waals surface area contributed by atoms with Crippen molar-refractivity contribution in [3.8, 4) is 5.88 Å². The molecule has 24 heavy (non-hydrogen) atoms. The number of nitrogens with zero attached hydrogens (tertiary/aromatic N) is 2. The minimum Gasteiger partial charge on any atom is -0.475 e. The quantitative estimate of drug-likeness (QED) is 0.828. The van der Waals surface area contributed by atoms with Gasteiger partial charge >= 0.3 is 0 Å². The van der Waals surface area contributed by atoms with E-state index in [0.717, 1.165) is 12.8 Å². The largest absolute Gasteiger partial charge is 0.475 e. The van der Waals surface area contributed by atoms with E-state index in [2.05, 4.69) is 4.98 Å². The van der Waals surface area contributed by atoms with Gasteiger partial charge in [0.25, 0.3) is 0 Å². The van der Waals surface area contributed by atoms with E-state index >= 15 is 0 Å². The van der Waals surface area contributed by atoms with Gasteiger partial charge < -0.3 is 19.1 Å². The Balaban J connectivity index is 1.34. The van der Waals surface area contributed by atoms with Crippen LogP contribution in [-0.2, 0) is 14.3 Å². The molecule has 0 N–H and O–H groups in total. The summed E-state index contributed by atoms with van der Waals surface area (Å²) in [6.45, 7) is 3.35. The third-order valence-electron chi connectivity index (χ3n) is 5.25. The molecule has 4 rings (SSSR count). The van der Waals surface area contributed by atoms with Crippen LogP contribution in [0.25, 0.3) is 0 Å². The minimum absolute atomic E-state index is 0.0129. The summed E-state index contributed by atoms with van der Waals surface area (Å²) in [6, 6.07) is 2.86. The molecule has 0 bridgehead atoms. The van der Waals surface area contributed by atoms with Gasteiger partial charge in [-0.15, -0.1) is 0 Å². The summed E-state index contributed by atoms with van der Waals surface area (Å²) in [4.78, 5) is 18.2. The van der Waals surface area contributed by atoms with Crippen molar-refractivity contribution in [2.24, 2.45) is 11.8 Å². The Morgan fingerprint density at radius 3 is 3.04 bits per heavy atom. The molecule has 3 fully saturated rings. The molecule has 0 radical (unpaired) electrons. The van der Waals surface area contributed by atoms with E-state index in [0.29, 0.717) is 39.5 Å². The minimum atomic E-state index is -0.461. The summed E-state index contributed by atoms with van der Waals surface area (Å²) in [5.41, 5.74) is -0.347. The van der Waals surface area contributed by atoms with Gasteiger partial charge in [-0.05, 0) is 25.0 Å². The first-order valence-electron chi connectivity index (χ1n) is 8.42. The lowest BCUT2D eigenvalue weighted by Crippen LogP contribution is -2.67. The number of ether oxygens (including phenoxy) is 3. The van der Waals surface area contributed by atoms with Gasteiger partial charge in [0.2, 0.25) is 11.8 Å². The fourth-order valence-corrected chi connectivity index (χ4v) is 3.77. The molecular weight excluding hydrogens is 315 g/mol. The van der Waals surface area contributed by atoms with Gasteiger partial charge in [0.05, 0.1) is 32.2 Å². The van der Waals surface area contributed by atoms with Crippen LogP contribution < -0.4 is 4.74 Å². The maximum Gasteiger partial charge on any atom is 0.250 e. The summed E-state index contributed by atoms with van der Waals surface area (Å²) in [5.74, 6) is -0.153. The first-order chi connectivity index (χ1) is 11.7. The van der Waals surface area contributed by atoms with E-state index in [-0.39, 0.29) is 29.2 Å². The molecule has 6 nitrogen and oxygen atoms in total. The van der Waals surface area contributed by atoms with Gasteiger partial charge in [-0.3, -0.25) is 4.79 Å². The highest BCUT2D eigenvalue weighted by Crippen LogP contribution is 2.41. The maximum absolute atomic E-state index is 13.6. The molecule has 0 aliphatic carbocycles. The number of carbonyl (C=O) groups is 1. The molecule has 1 spiro atoms. The monoisotopic (exact) mass is 336 g/mol. The van der Waals surface area contributed by atoms with Gasteiger partial charge in [0.1, 0.15) is 5.60 Å². The molecule has 1 aromatic heterocycles. The number of likely N-dealkylation sites (tertiary alicyclic amines) is 1. The summed E-state index contributed by atoms with van der Waals surface area (Å²) in [6.07, 6.45) is 3.16. The van der Waals surface area contributed by atoms with E-state index in [1.807, 2.05) is 4.90 Å². The molecular formula is C17H21FN2O4. The van der Waals surface area contributed by atoms with Crippen LogP contribution >= 0.6 is 0 Å². The summed E-state index contributed by atoms with van der Waals surface area (Å²) in [7, 11) is 0. The van der Waals surface area contributed by atoms with Crippen LogP contribution in [0, 0.1) is 17.7 Å². The van der Waals surface area contributed by atoms with Crippen LogP contribution in [0.3, 0.4) is 0 Å². The normalized spacial score (nSPS) is 28.1. The molecule has 3 aliphatic heterocycles. The highest BCUT2D eigenvalue weighted by Gasteiger charge is 2.55. The topological polar surface area (TPSA) is 60.9 Å². The van der Waals surface area contributed by atoms with Crippen LogP contribution in [0.1, 0.15) is 12.8 Å². The summed E-state index contributed by atoms with van der Waals surface area (Å²) in [5, 5.41) is 0. The Labute approximate surface area is 139 Å². The van der Waals surface area contributed by atoms with Crippen molar-refractivity contribution >= 4 is 5.91 Å². The molecule has 3 saturated heterocycles. The van der Waals surface area contributed by atoms with Crippen molar-refractivity contribution in [2.45, 2.75) is 18.4 Å². The summed E-state index contributed by atoms with van der Waals surface area (Å²) >= 11 is 0. The predicted octanol–water partition coefficient (Wildman–Crippen LogP) is 1.25. The molecule has 1 aromatic rings. The van der Waals surface area contributed by atoms with E-state index in [1.54, 1.807) is 0 Å². The lowest BCUT2D eigenvalue weighted by molar-refractivity contribution is -0.170. The molecule has 3 aliphatic rings. The Kier molecular flexibility index (Phi) is 4.14. The molecule has 0 saturated carbocycles. The van der Waals surface area contributed by atoms with Gasteiger partial charge in [0.15, 0.2) is 5.82 Å². The second-order valence-corrected chi connectivity index (χ2v) is 6.76. The highest BCUT2D eigenvalue weighted by molar-refractivity contribution is 5.80. The van der Waals surface area contributed by atoms with Crippen molar-refractivity contribution < 1.29 is 23.4 Å². The smallest absolute Gasteiger partial charge is 0.250 e. The number of aromatic nitrogens is 1. The third kappa shape index (κ3) is 2.75. The fourth-order valence-electron chi connectivity index (χ4n) is 3.77. The van der Waals surface area contributed by atoms with Crippen molar-refractivity contribution in [3.05, 3.63) is 24.1 Å². The van der Waals surface area contributed by atoms with Crippen molar-refractivity contribution in [3.63, 3.8) is 0 Å². The van der Waals surface area contributed by atoms with Crippen LogP contribution in [0.5, 0.6) is 5.88 Å². The Morgan fingerprint density at radius 2 is 2.29 bits per heavy atom. The van der Waals surface area contributed by atoms with E-state index in [4.69, 9.17) is 14.2 Å². The average molecular weight is 336 g/mol. The standard InChI is InChI=1S/C17H21FN2O4/c18-14-2-1-5-19-15(14)23-9-13-4-7-24-17(13)10-20(11-17)16(21)12-3-6-22-8-12/h1-2,5,12-13H,3-4,6-11H2/t12-,13-/m1/s1. The number of rotatable bonds is 4. The van der Waals surface area contributed by atoms with E-state index in [9.17, 15) is 9.18 Å². The zero-order valence-corrected chi connectivity index (χ0v) is 13.4. The SMILES string of the molecule is O=C([C@@H]1CCOC1)N1CC2(C1)OCC[C@@H]2COc1ncccc1F. The maximum atomic E-state index is 13.6. The van der Waals surface area contributed by atoms with Crippen molar-refractivity contribution in [1.82, 2.24) is 9.88 Å². The van der Waals surface area contributed by atoms with Crippen LogP contribution in [-0.4, -0.2) is 60.9 Å². The Hall–Kier alpha value is -1.73. The lowest BCUT2D eigenvalue weighted by Gasteiger charge is -2.50. The molecule has 0 aromatic carbocycles. The molecule has 0 unspecified atom stereocenters. The van der Waals surface area contributed by atoms with E-state index < -0.39 is 5.82 Å². The van der Waals surface area contributed by atoms with Gasteiger partial charge in [0, 0.05) is 25.3 Å². The molecule has 1 amide bonds. The van der Waals surface area contributed by atoms with Gasteiger partial charge in [-0.1, -0.05) is 0 Å². The lowest BCUT2D eigenvalue weighted by atomic mass is 9.80. The number of carbonyl (C=O) groups excluding carboxylic acids is 1. The van der Waals surface area contributed by atoms with E-state index in [1.165, 1.54) is 18.3 Å². The third-order valence-corrected chi connectivity index (χ3v) is 5.25. The number of halogens is 1. The zero-order chi connectivity index (χ0) is 16.6. The van der Waals surface area contributed by atoms with Gasteiger partial charge in [-0.2, -0.15) is 0 Å². The molecule has 4 heterocycles. The fraction of sp³-hybridized carbons (Fsp3) is 0.647. The second kappa shape index (κ2) is 6.29. The first-order valence-corrected chi connectivity index (χ1v) is 8.42. The van der Waals surface area contributed by atoms with Crippen LogP contribution in [0.4, 0.5) is 4.39 Å². The number of hydrogen-bond donors (Lipinski definition) is 0. The summed E-state index contributed by atoms with van der Waals surface area (Å²) < 4.78 is 30.4. The van der Waals surface area contributed by atoms with Crippen molar-refractivity contribution in [1.29, 1.82) is 0 Å². The molecule has 130 valence electrons. The molecule has 2 atom stereocenters. The Morgan fingerprint density at radius 1 is 1.42 bits per heavy atom. The predicted molar refractivity (Wildman–Crippen MR) is 82.0 cm³/mol. The zero-order valence-electron chi connectivity index (χ0n) is 13.4. The molecule has 7 heteroatoms. The van der Waals surface area contributed by atoms with Crippen LogP contribution in [0.2, 0.25) is 0 Å². The van der Waals surface area contributed by atoms with Crippen LogP contribution in [0.15, 0.2) is 18.3 Å². The highest BCUT2D eigenvalue weighted by atomic mass is 19.1. The first kappa shape index (κ1) is 15.8. The second-order valence-electron chi connectivity index (χ2n) is 6.76. The van der Waals surface area contributed by atoms with Crippen molar-refractivity contribution in [2.75, 3.05) is 39.5 Å². The average Bonchev–Trinajstić information content (AvgIpc) is 3.21. The van der Waals surface area contributed by atoms with Gasteiger partial charge in [-0.25, -0.2) is 9.37 Å². The Bertz CT molecular complexity index is 614. The number of amides is 1. The number of hydrogen-bond acceptors (Lipinski definition) is 5.